The number of hydrogen-bond acceptors (Lipinski definition) is 6. The molecule has 5 atom stereocenters. The van der Waals surface area contributed by atoms with E-state index in [-0.39, 0.29) is 23.6 Å². The molecule has 0 saturated carbocycles. The van der Waals surface area contributed by atoms with Crippen LogP contribution in [0, 0.1) is 11.8 Å². The van der Waals surface area contributed by atoms with E-state index in [2.05, 4.69) is 17.6 Å². The van der Waals surface area contributed by atoms with Gasteiger partial charge >= 0.3 is 12.1 Å². The number of allylic oxidation sites excluding steroid dienone is 1. The largest absolute Gasteiger partial charge is 0.465 e. The summed E-state index contributed by atoms with van der Waals surface area (Å²) >= 11 is 0. The zero-order chi connectivity index (χ0) is 23.5. The van der Waals surface area contributed by atoms with E-state index in [0.717, 1.165) is 24.8 Å². The number of rotatable bonds is 12. The summed E-state index contributed by atoms with van der Waals surface area (Å²) in [5.74, 6) is 0.774. The fourth-order valence-corrected chi connectivity index (χ4v) is 3.82. The second-order valence-electron chi connectivity index (χ2n) is 8.22. The van der Waals surface area contributed by atoms with Crippen molar-refractivity contribution in [2.24, 2.45) is 11.8 Å². The van der Waals surface area contributed by atoms with Gasteiger partial charge in [0.05, 0.1) is 12.0 Å². The van der Waals surface area contributed by atoms with Gasteiger partial charge in [-0.15, -0.1) is 0 Å². The molecule has 0 aliphatic carbocycles. The van der Waals surface area contributed by atoms with Gasteiger partial charge in [0.1, 0.15) is 17.9 Å². The van der Waals surface area contributed by atoms with E-state index < -0.39 is 24.5 Å². The van der Waals surface area contributed by atoms with E-state index in [4.69, 9.17) is 14.6 Å². The van der Waals surface area contributed by atoms with Crippen molar-refractivity contribution in [1.82, 2.24) is 10.6 Å². The maximum absolute atomic E-state index is 12.8. The van der Waals surface area contributed by atoms with Gasteiger partial charge < -0.3 is 14.6 Å². The Morgan fingerprint density at radius 3 is 2.59 bits per heavy atom. The lowest BCUT2D eigenvalue weighted by molar-refractivity contribution is -0.183. The summed E-state index contributed by atoms with van der Waals surface area (Å²) in [5.41, 5.74) is 1.01. The predicted molar refractivity (Wildman–Crippen MR) is 119 cm³/mol. The van der Waals surface area contributed by atoms with Crippen molar-refractivity contribution in [3.63, 3.8) is 0 Å². The lowest BCUT2D eigenvalue weighted by Gasteiger charge is -2.21. The van der Waals surface area contributed by atoms with Crippen LogP contribution in [0.2, 0.25) is 0 Å². The van der Waals surface area contributed by atoms with Crippen LogP contribution in [0.1, 0.15) is 58.4 Å². The minimum atomic E-state index is -1.32. The van der Waals surface area contributed by atoms with E-state index in [1.165, 1.54) is 0 Å². The van der Waals surface area contributed by atoms with Crippen molar-refractivity contribution in [2.75, 3.05) is 0 Å². The average molecular weight is 447 g/mol. The third kappa shape index (κ3) is 7.79. The van der Waals surface area contributed by atoms with Gasteiger partial charge in [-0.3, -0.25) is 15.4 Å². The number of hydrogen-bond donors (Lipinski definition) is 3. The highest BCUT2D eigenvalue weighted by Gasteiger charge is 2.39. The fourth-order valence-electron chi connectivity index (χ4n) is 3.82. The smallest absolute Gasteiger partial charge is 0.409 e. The van der Waals surface area contributed by atoms with Crippen LogP contribution in [-0.2, 0) is 25.5 Å². The topological polar surface area (TPSA) is 114 Å². The number of nitrogens with one attached hydrogen (secondary N) is 2. The van der Waals surface area contributed by atoms with Gasteiger partial charge in [0, 0.05) is 5.92 Å². The maximum Gasteiger partial charge on any atom is 0.409 e. The molecule has 2 rings (SSSR count). The summed E-state index contributed by atoms with van der Waals surface area (Å²) in [6.45, 7) is 5.78. The van der Waals surface area contributed by atoms with Crippen LogP contribution < -0.4 is 10.6 Å². The quantitative estimate of drug-likeness (QED) is 0.332. The van der Waals surface area contributed by atoms with Gasteiger partial charge in [0.2, 0.25) is 6.29 Å². The molecule has 0 radical (unpaired) electrons. The van der Waals surface area contributed by atoms with E-state index in [9.17, 15) is 14.4 Å². The Balaban J connectivity index is 2.09. The number of ether oxygens (including phenoxy) is 2. The lowest BCUT2D eigenvalue weighted by Crippen LogP contribution is -2.38. The van der Waals surface area contributed by atoms with Gasteiger partial charge in [-0.1, -0.05) is 63.9 Å². The molecule has 5 unspecified atom stereocenters. The molecule has 32 heavy (non-hydrogen) atoms. The standard InChI is InChI=1S/C24H34N2O6/c1-4-6-12-18(5-2)22(28)32-23-19(14-17-10-8-7-9-11-17)25-21(31-23)13-16(3)20(15-27)26-24(29)30/h7-11,16,18-19,21,23,25-26H,4-6,12-14H2,1-3H3,(H,29,30). The minimum absolute atomic E-state index is 0.0615. The van der Waals surface area contributed by atoms with E-state index >= 15 is 0 Å². The number of benzene rings is 1. The molecule has 1 fully saturated rings. The van der Waals surface area contributed by atoms with E-state index in [0.29, 0.717) is 19.3 Å². The summed E-state index contributed by atoms with van der Waals surface area (Å²) in [6.07, 6.45) is 1.78. The molecule has 1 aliphatic rings. The molecule has 0 bridgehead atoms. The predicted octanol–water partition coefficient (Wildman–Crippen LogP) is 3.64. The Bertz CT molecular complexity index is 793. The van der Waals surface area contributed by atoms with Gasteiger partial charge in [0.25, 0.3) is 0 Å². The molecular weight excluding hydrogens is 412 g/mol. The van der Waals surface area contributed by atoms with Crippen LogP contribution in [0.5, 0.6) is 0 Å². The van der Waals surface area contributed by atoms with E-state index in [1.54, 1.807) is 12.9 Å². The first-order valence-electron chi connectivity index (χ1n) is 11.3. The summed E-state index contributed by atoms with van der Waals surface area (Å²) in [6, 6.07) is 9.56. The van der Waals surface area contributed by atoms with Crippen LogP contribution in [0.25, 0.3) is 0 Å². The van der Waals surface area contributed by atoms with Crippen molar-refractivity contribution in [3.05, 3.63) is 41.6 Å². The van der Waals surface area contributed by atoms with Gasteiger partial charge in [-0.05, 0) is 31.2 Å². The van der Waals surface area contributed by atoms with Crippen molar-refractivity contribution in [3.8, 4) is 0 Å². The van der Waals surface area contributed by atoms with Gasteiger partial charge in [0.15, 0.2) is 0 Å². The summed E-state index contributed by atoms with van der Waals surface area (Å²) in [7, 11) is 0. The second kappa shape index (κ2) is 13.0. The third-order valence-corrected chi connectivity index (χ3v) is 5.70. The number of amides is 1. The highest BCUT2D eigenvalue weighted by Crippen LogP contribution is 2.25. The summed E-state index contributed by atoms with van der Waals surface area (Å²) in [5, 5.41) is 14.3. The molecule has 1 aromatic rings. The van der Waals surface area contributed by atoms with Crippen LogP contribution >= 0.6 is 0 Å². The van der Waals surface area contributed by atoms with Gasteiger partial charge in [-0.25, -0.2) is 9.59 Å². The zero-order valence-corrected chi connectivity index (χ0v) is 19.0. The van der Waals surface area contributed by atoms with Crippen molar-refractivity contribution in [2.45, 2.75) is 77.9 Å². The molecule has 0 aromatic heterocycles. The van der Waals surface area contributed by atoms with Crippen molar-refractivity contribution in [1.29, 1.82) is 0 Å². The van der Waals surface area contributed by atoms with Crippen LogP contribution in [-0.4, -0.2) is 41.7 Å². The Hall–Kier alpha value is -2.67. The first kappa shape index (κ1) is 25.6. The van der Waals surface area contributed by atoms with Crippen molar-refractivity contribution >= 4 is 18.0 Å². The monoisotopic (exact) mass is 446 g/mol. The first-order valence-corrected chi connectivity index (χ1v) is 11.3. The van der Waals surface area contributed by atoms with Crippen LogP contribution in [0.3, 0.4) is 0 Å². The molecule has 1 aliphatic heterocycles. The van der Waals surface area contributed by atoms with Crippen LogP contribution in [0.4, 0.5) is 4.79 Å². The average Bonchev–Trinajstić information content (AvgIpc) is 3.13. The molecule has 176 valence electrons. The number of carboxylic acid groups (broad SMARTS) is 1. The van der Waals surface area contributed by atoms with Crippen LogP contribution in [0.15, 0.2) is 36.0 Å². The molecule has 1 aromatic carbocycles. The Labute approximate surface area is 189 Å². The molecule has 8 nitrogen and oxygen atoms in total. The number of esters is 1. The summed E-state index contributed by atoms with van der Waals surface area (Å²) < 4.78 is 11.8. The molecule has 1 amide bonds. The minimum Gasteiger partial charge on any atom is -0.465 e. The normalized spacial score (nSPS) is 21.9. The third-order valence-electron chi connectivity index (χ3n) is 5.70. The van der Waals surface area contributed by atoms with Gasteiger partial charge in [-0.2, -0.15) is 0 Å². The molecule has 1 heterocycles. The first-order chi connectivity index (χ1) is 15.4. The molecule has 8 heteroatoms. The SMILES string of the molecule is CCCCC(CC)C(=O)OC1OC(CC(C)C(=C=O)NC(=O)O)NC1Cc1ccccc1. The summed E-state index contributed by atoms with van der Waals surface area (Å²) in [4.78, 5) is 34.8. The molecule has 3 N–H and O–H groups in total. The highest BCUT2D eigenvalue weighted by molar-refractivity contribution is 5.72. The molecule has 0 spiro atoms. The zero-order valence-electron chi connectivity index (χ0n) is 19.0. The number of carbonyl (C=O) groups is 2. The lowest BCUT2D eigenvalue weighted by atomic mass is 9.99. The van der Waals surface area contributed by atoms with E-state index in [1.807, 2.05) is 37.3 Å². The number of carbonyl (C=O) groups excluding carboxylic acids is 2. The Morgan fingerprint density at radius 2 is 2.00 bits per heavy atom. The molecular formula is C24H34N2O6. The maximum atomic E-state index is 12.8. The second-order valence-corrected chi connectivity index (χ2v) is 8.22. The Kier molecular flexibility index (Phi) is 10.4. The Morgan fingerprint density at radius 1 is 1.28 bits per heavy atom. The fraction of sp³-hybridized carbons (Fsp3) is 0.583. The van der Waals surface area contributed by atoms with Crippen molar-refractivity contribution < 1.29 is 29.0 Å². The molecule has 1 saturated heterocycles. The number of unbranched alkanes of at least 4 members (excludes halogenated alkanes) is 1. The highest BCUT2D eigenvalue weighted by atomic mass is 16.7.